The number of anilines is 1. The van der Waals surface area contributed by atoms with E-state index >= 15 is 0 Å². The molecule has 0 saturated heterocycles. The van der Waals surface area contributed by atoms with Gasteiger partial charge >= 0.3 is 18.5 Å². The number of hydrogen-bond acceptors (Lipinski definition) is 2. The Kier molecular flexibility index (Phi) is 5.46. The summed E-state index contributed by atoms with van der Waals surface area (Å²) in [5, 5.41) is 12.5. The average molecular weight is 499 g/mol. The van der Waals surface area contributed by atoms with Crippen LogP contribution in [0, 0.1) is 11.7 Å². The molecule has 0 bridgehead atoms. The van der Waals surface area contributed by atoms with Crippen molar-refractivity contribution >= 4 is 5.69 Å². The second-order valence-corrected chi connectivity index (χ2v) is 8.21. The van der Waals surface area contributed by atoms with Crippen molar-refractivity contribution in [3.05, 3.63) is 76.6 Å². The molecule has 0 aromatic heterocycles. The standard InChI is InChI=1S/C22H15F10NO/c23-11-5-6-14(16(9-11)20(24,25)26)18-13-3-1-2-12(13)15-8-10(4-7-17(15)33-18)19(34,21(27,28)29)22(30,31)32/h1-2,4-9,12-13,18,33-34H,3H2. The fraction of sp³-hybridized carbons (Fsp3) is 0.364. The van der Waals surface area contributed by atoms with Gasteiger partial charge in [-0.2, -0.15) is 39.5 Å². The minimum atomic E-state index is -6.08. The Hall–Kier alpha value is -2.76. The number of hydrogen-bond donors (Lipinski definition) is 2. The van der Waals surface area contributed by atoms with Crippen LogP contribution in [0.25, 0.3) is 0 Å². The number of fused-ring (bicyclic) bond motifs is 3. The third kappa shape index (κ3) is 3.71. The third-order valence-corrected chi connectivity index (χ3v) is 6.26. The summed E-state index contributed by atoms with van der Waals surface area (Å²) < 4.78 is 134. The lowest BCUT2D eigenvalue weighted by molar-refractivity contribution is -0.376. The Labute approximate surface area is 185 Å². The molecule has 2 nitrogen and oxygen atoms in total. The van der Waals surface area contributed by atoms with E-state index in [4.69, 9.17) is 0 Å². The lowest BCUT2D eigenvalue weighted by Gasteiger charge is -2.40. The zero-order chi connectivity index (χ0) is 25.3. The topological polar surface area (TPSA) is 32.3 Å². The molecule has 1 aliphatic heterocycles. The van der Waals surface area contributed by atoms with Gasteiger partial charge in [0, 0.05) is 17.2 Å². The van der Waals surface area contributed by atoms with Gasteiger partial charge in [-0.3, -0.25) is 0 Å². The minimum Gasteiger partial charge on any atom is -0.378 e. The highest BCUT2D eigenvalue weighted by molar-refractivity contribution is 5.62. The number of rotatable bonds is 2. The zero-order valence-electron chi connectivity index (χ0n) is 16.8. The monoisotopic (exact) mass is 499 g/mol. The van der Waals surface area contributed by atoms with Crippen molar-refractivity contribution in [3.8, 4) is 0 Å². The van der Waals surface area contributed by atoms with Crippen LogP contribution in [0.5, 0.6) is 0 Å². The molecule has 2 N–H and O–H groups in total. The Bertz CT molecular complexity index is 1120. The molecular formula is C22H15F10NO. The third-order valence-electron chi connectivity index (χ3n) is 6.26. The van der Waals surface area contributed by atoms with E-state index in [1.165, 1.54) is 6.08 Å². The van der Waals surface area contributed by atoms with Crippen molar-refractivity contribution in [2.24, 2.45) is 5.92 Å². The molecule has 1 heterocycles. The largest absolute Gasteiger partial charge is 0.430 e. The molecule has 0 spiro atoms. The number of allylic oxidation sites excluding steroid dienone is 2. The lowest BCUT2D eigenvalue weighted by Crippen LogP contribution is -2.54. The molecule has 4 rings (SSSR count). The van der Waals surface area contributed by atoms with Crippen LogP contribution in [0.3, 0.4) is 0 Å². The van der Waals surface area contributed by atoms with Gasteiger partial charge in [-0.1, -0.05) is 24.3 Å². The average Bonchev–Trinajstić information content (AvgIpc) is 3.20. The SMILES string of the molecule is OC(c1ccc2c(c1)C1C=CCC1C(c1ccc(F)cc1C(F)(F)F)N2)(C(F)(F)F)C(F)(F)F. The van der Waals surface area contributed by atoms with Gasteiger partial charge in [0.15, 0.2) is 0 Å². The second-order valence-electron chi connectivity index (χ2n) is 8.21. The molecule has 2 aromatic rings. The molecular weight excluding hydrogens is 484 g/mol. The molecule has 2 aliphatic rings. The van der Waals surface area contributed by atoms with Gasteiger partial charge in [0.1, 0.15) is 5.82 Å². The maximum Gasteiger partial charge on any atom is 0.430 e. The fourth-order valence-corrected chi connectivity index (χ4v) is 4.66. The molecule has 2 aromatic carbocycles. The van der Waals surface area contributed by atoms with Crippen LogP contribution in [0.15, 0.2) is 48.6 Å². The van der Waals surface area contributed by atoms with Crippen LogP contribution in [-0.4, -0.2) is 17.5 Å². The molecule has 3 atom stereocenters. The Morgan fingerprint density at radius 1 is 0.824 bits per heavy atom. The molecule has 12 heteroatoms. The van der Waals surface area contributed by atoms with E-state index in [0.717, 1.165) is 18.2 Å². The number of nitrogens with one attached hydrogen (secondary N) is 1. The number of halogens is 10. The van der Waals surface area contributed by atoms with E-state index in [2.05, 4.69) is 5.32 Å². The van der Waals surface area contributed by atoms with E-state index in [-0.39, 0.29) is 23.2 Å². The summed E-state index contributed by atoms with van der Waals surface area (Å²) in [6.07, 6.45) is -13.8. The van der Waals surface area contributed by atoms with E-state index in [1.54, 1.807) is 6.08 Å². The van der Waals surface area contributed by atoms with E-state index in [9.17, 15) is 49.0 Å². The van der Waals surface area contributed by atoms with E-state index in [0.29, 0.717) is 18.2 Å². The highest BCUT2D eigenvalue weighted by Gasteiger charge is 2.71. The van der Waals surface area contributed by atoms with Gasteiger partial charge < -0.3 is 10.4 Å². The van der Waals surface area contributed by atoms with Crippen molar-refractivity contribution in [1.29, 1.82) is 0 Å². The first-order valence-corrected chi connectivity index (χ1v) is 9.86. The van der Waals surface area contributed by atoms with Gasteiger partial charge in [0.2, 0.25) is 0 Å². The van der Waals surface area contributed by atoms with Crippen molar-refractivity contribution in [1.82, 2.24) is 0 Å². The van der Waals surface area contributed by atoms with E-state index < -0.39 is 59.0 Å². The molecule has 1 aliphatic carbocycles. The Balaban J connectivity index is 1.84. The fourth-order valence-electron chi connectivity index (χ4n) is 4.66. The predicted octanol–water partition coefficient (Wildman–Crippen LogP) is 6.98. The quantitative estimate of drug-likeness (QED) is 0.345. The number of aliphatic hydroxyl groups is 1. The predicted molar refractivity (Wildman–Crippen MR) is 100 cm³/mol. The molecule has 0 radical (unpaired) electrons. The molecule has 184 valence electrons. The summed E-state index contributed by atoms with van der Waals surface area (Å²) in [6, 6.07) is 2.94. The summed E-state index contributed by atoms with van der Waals surface area (Å²) >= 11 is 0. The van der Waals surface area contributed by atoms with Gasteiger partial charge in [-0.05, 0) is 47.7 Å². The van der Waals surface area contributed by atoms with Crippen molar-refractivity contribution in [3.63, 3.8) is 0 Å². The summed E-state index contributed by atoms with van der Waals surface area (Å²) in [5.74, 6) is -2.66. The first kappa shape index (κ1) is 24.4. The molecule has 0 saturated carbocycles. The first-order chi connectivity index (χ1) is 15.6. The van der Waals surface area contributed by atoms with E-state index in [1.807, 2.05) is 0 Å². The summed E-state index contributed by atoms with van der Waals surface area (Å²) in [7, 11) is 0. The minimum absolute atomic E-state index is 0.00528. The summed E-state index contributed by atoms with van der Waals surface area (Å²) in [4.78, 5) is 0. The molecule has 3 unspecified atom stereocenters. The van der Waals surface area contributed by atoms with Crippen LogP contribution in [0.2, 0.25) is 0 Å². The Morgan fingerprint density at radius 3 is 2.06 bits per heavy atom. The lowest BCUT2D eigenvalue weighted by atomic mass is 9.75. The maximum atomic E-state index is 13.6. The number of benzene rings is 2. The van der Waals surface area contributed by atoms with Crippen LogP contribution in [0.1, 0.15) is 40.6 Å². The highest BCUT2D eigenvalue weighted by Crippen LogP contribution is 2.55. The van der Waals surface area contributed by atoms with Gasteiger partial charge in [-0.25, -0.2) is 4.39 Å². The van der Waals surface area contributed by atoms with Gasteiger partial charge in [-0.15, -0.1) is 0 Å². The zero-order valence-corrected chi connectivity index (χ0v) is 16.8. The maximum absolute atomic E-state index is 13.6. The summed E-state index contributed by atoms with van der Waals surface area (Å²) in [5.41, 5.74) is -8.16. The first-order valence-electron chi connectivity index (χ1n) is 9.86. The van der Waals surface area contributed by atoms with Crippen LogP contribution < -0.4 is 5.32 Å². The van der Waals surface area contributed by atoms with Gasteiger partial charge in [0.25, 0.3) is 5.60 Å². The van der Waals surface area contributed by atoms with Crippen molar-refractivity contribution in [2.75, 3.05) is 5.32 Å². The molecule has 0 amide bonds. The van der Waals surface area contributed by atoms with Crippen LogP contribution in [0.4, 0.5) is 49.6 Å². The molecule has 0 fully saturated rings. The van der Waals surface area contributed by atoms with Crippen LogP contribution in [-0.2, 0) is 11.8 Å². The molecule has 34 heavy (non-hydrogen) atoms. The van der Waals surface area contributed by atoms with Crippen molar-refractivity contribution in [2.45, 2.75) is 42.5 Å². The Morgan fingerprint density at radius 2 is 1.47 bits per heavy atom. The second kappa shape index (κ2) is 7.62. The normalized spacial score (nSPS) is 22.9. The number of alkyl halides is 9. The van der Waals surface area contributed by atoms with Crippen molar-refractivity contribution < 1.29 is 49.0 Å². The van der Waals surface area contributed by atoms with Crippen LogP contribution >= 0.6 is 0 Å². The highest BCUT2D eigenvalue weighted by atomic mass is 19.4. The summed E-state index contributed by atoms with van der Waals surface area (Å²) in [6.45, 7) is 0. The van der Waals surface area contributed by atoms with Gasteiger partial charge in [0.05, 0.1) is 11.6 Å². The smallest absolute Gasteiger partial charge is 0.378 e.